The van der Waals surface area contributed by atoms with Gasteiger partial charge in [0.15, 0.2) is 0 Å². The second-order valence-corrected chi connectivity index (χ2v) is 4.05. The molecular formula is C15H18N2. The van der Waals surface area contributed by atoms with Crippen molar-refractivity contribution in [2.75, 3.05) is 0 Å². The fraction of sp³-hybridized carbons (Fsp3) is 0.267. The van der Waals surface area contributed by atoms with Crippen LogP contribution in [0.25, 0.3) is 0 Å². The van der Waals surface area contributed by atoms with Crippen LogP contribution in [0.5, 0.6) is 0 Å². The van der Waals surface area contributed by atoms with E-state index in [0.29, 0.717) is 0 Å². The normalized spacial score (nSPS) is 10.4. The van der Waals surface area contributed by atoms with E-state index in [9.17, 15) is 0 Å². The lowest BCUT2D eigenvalue weighted by Gasteiger charge is -2.08. The lowest BCUT2D eigenvalue weighted by atomic mass is 10.1. The summed E-state index contributed by atoms with van der Waals surface area (Å²) in [5.74, 6) is 0. The monoisotopic (exact) mass is 226 g/mol. The Morgan fingerprint density at radius 2 is 1.71 bits per heavy atom. The molecule has 0 radical (unpaired) electrons. The van der Waals surface area contributed by atoms with E-state index in [4.69, 9.17) is 0 Å². The fourth-order valence-electron chi connectivity index (χ4n) is 1.90. The van der Waals surface area contributed by atoms with Crippen molar-refractivity contribution in [1.82, 2.24) is 10.3 Å². The fourth-order valence-corrected chi connectivity index (χ4v) is 1.90. The highest BCUT2D eigenvalue weighted by Gasteiger charge is 1.99. The minimum atomic E-state index is 0.818. The van der Waals surface area contributed by atoms with Crippen LogP contribution in [0.3, 0.4) is 0 Å². The topological polar surface area (TPSA) is 24.9 Å². The van der Waals surface area contributed by atoms with E-state index in [-0.39, 0.29) is 0 Å². The van der Waals surface area contributed by atoms with Gasteiger partial charge < -0.3 is 5.32 Å². The number of hydrogen-bond donors (Lipinski definition) is 1. The largest absolute Gasteiger partial charge is 0.307 e. The molecule has 2 aromatic rings. The summed E-state index contributed by atoms with van der Waals surface area (Å²) in [5.41, 5.74) is 3.88. The molecule has 2 nitrogen and oxygen atoms in total. The summed E-state index contributed by atoms with van der Waals surface area (Å²) in [4.78, 5) is 4.29. The Bertz CT molecular complexity index is 451. The van der Waals surface area contributed by atoms with Gasteiger partial charge in [-0.3, -0.25) is 4.98 Å². The van der Waals surface area contributed by atoms with E-state index in [2.05, 4.69) is 41.5 Å². The maximum atomic E-state index is 4.29. The van der Waals surface area contributed by atoms with Gasteiger partial charge in [0.1, 0.15) is 0 Å². The first-order valence-electron chi connectivity index (χ1n) is 6.07. The van der Waals surface area contributed by atoms with Gasteiger partial charge in [0.25, 0.3) is 0 Å². The Kier molecular flexibility index (Phi) is 4.28. The molecule has 1 aromatic carbocycles. The molecule has 0 bridgehead atoms. The smallest absolute Gasteiger partial charge is 0.0541 e. The van der Waals surface area contributed by atoms with Crippen LogP contribution in [0, 0.1) is 0 Å². The Balaban J connectivity index is 1.90. The Morgan fingerprint density at radius 1 is 0.941 bits per heavy atom. The van der Waals surface area contributed by atoms with Crippen molar-refractivity contribution < 1.29 is 0 Å². The highest BCUT2D eigenvalue weighted by atomic mass is 14.9. The second-order valence-electron chi connectivity index (χ2n) is 4.05. The summed E-state index contributed by atoms with van der Waals surface area (Å²) in [7, 11) is 0. The molecule has 0 amide bonds. The van der Waals surface area contributed by atoms with Crippen LogP contribution < -0.4 is 5.32 Å². The number of aromatic nitrogens is 1. The molecule has 0 aliphatic heterocycles. The zero-order valence-electron chi connectivity index (χ0n) is 10.2. The van der Waals surface area contributed by atoms with Crippen LogP contribution in [-0.2, 0) is 19.5 Å². The van der Waals surface area contributed by atoms with Crippen LogP contribution in [0.2, 0.25) is 0 Å². The van der Waals surface area contributed by atoms with Gasteiger partial charge in [0, 0.05) is 19.3 Å². The number of nitrogens with zero attached hydrogens (tertiary/aromatic N) is 1. The summed E-state index contributed by atoms with van der Waals surface area (Å²) < 4.78 is 0. The summed E-state index contributed by atoms with van der Waals surface area (Å²) in [6.07, 6.45) is 2.92. The average Bonchev–Trinajstić information content (AvgIpc) is 2.40. The lowest BCUT2D eigenvalue weighted by Crippen LogP contribution is -2.14. The van der Waals surface area contributed by atoms with Crippen molar-refractivity contribution in [2.45, 2.75) is 26.4 Å². The van der Waals surface area contributed by atoms with E-state index in [1.54, 1.807) is 0 Å². The number of rotatable bonds is 5. The van der Waals surface area contributed by atoms with Crippen molar-refractivity contribution in [3.8, 4) is 0 Å². The molecule has 88 valence electrons. The summed E-state index contributed by atoms with van der Waals surface area (Å²) in [6.45, 7) is 3.91. The lowest BCUT2D eigenvalue weighted by molar-refractivity contribution is 0.675. The van der Waals surface area contributed by atoms with E-state index < -0.39 is 0 Å². The zero-order chi connectivity index (χ0) is 11.9. The molecule has 0 fully saturated rings. The van der Waals surface area contributed by atoms with Gasteiger partial charge in [0.2, 0.25) is 0 Å². The molecule has 2 rings (SSSR count). The molecule has 2 heteroatoms. The Hall–Kier alpha value is -1.67. The van der Waals surface area contributed by atoms with Crippen LogP contribution in [-0.4, -0.2) is 4.98 Å². The van der Waals surface area contributed by atoms with Gasteiger partial charge in [-0.2, -0.15) is 0 Å². The number of pyridine rings is 1. The summed E-state index contributed by atoms with van der Waals surface area (Å²) in [5, 5.41) is 3.43. The molecule has 0 unspecified atom stereocenters. The number of nitrogens with one attached hydrogen (secondary N) is 1. The van der Waals surface area contributed by atoms with Gasteiger partial charge in [-0.1, -0.05) is 37.3 Å². The van der Waals surface area contributed by atoms with Crippen molar-refractivity contribution in [3.05, 3.63) is 65.5 Å². The molecule has 0 atom stereocenters. The molecule has 0 saturated heterocycles. The maximum Gasteiger partial charge on any atom is 0.0541 e. The van der Waals surface area contributed by atoms with E-state index in [0.717, 1.165) is 25.2 Å². The standard InChI is InChI=1S/C15H18N2/c1-2-13-7-3-4-8-14(13)11-16-12-15-9-5-6-10-17-15/h3-10,16H,2,11-12H2,1H3. The Morgan fingerprint density at radius 3 is 2.41 bits per heavy atom. The van der Waals surface area contributed by atoms with Gasteiger partial charge in [-0.05, 0) is 29.7 Å². The molecule has 0 aliphatic rings. The predicted octanol–water partition coefficient (Wildman–Crippen LogP) is 2.93. The highest BCUT2D eigenvalue weighted by Crippen LogP contribution is 2.09. The summed E-state index contributed by atoms with van der Waals surface area (Å²) >= 11 is 0. The first-order valence-corrected chi connectivity index (χ1v) is 6.07. The van der Waals surface area contributed by atoms with Gasteiger partial charge >= 0.3 is 0 Å². The SMILES string of the molecule is CCc1ccccc1CNCc1ccccn1. The summed E-state index contributed by atoms with van der Waals surface area (Å²) in [6, 6.07) is 14.6. The third-order valence-electron chi connectivity index (χ3n) is 2.85. The average molecular weight is 226 g/mol. The first-order chi connectivity index (χ1) is 8.40. The Labute approximate surface area is 103 Å². The molecule has 0 spiro atoms. The third-order valence-corrected chi connectivity index (χ3v) is 2.85. The van der Waals surface area contributed by atoms with Crippen LogP contribution >= 0.6 is 0 Å². The van der Waals surface area contributed by atoms with Gasteiger partial charge in [-0.15, -0.1) is 0 Å². The third kappa shape index (κ3) is 3.40. The molecule has 0 saturated carbocycles. The highest BCUT2D eigenvalue weighted by molar-refractivity contribution is 5.26. The van der Waals surface area contributed by atoms with Crippen LogP contribution in [0.15, 0.2) is 48.7 Å². The quantitative estimate of drug-likeness (QED) is 0.848. The van der Waals surface area contributed by atoms with Crippen molar-refractivity contribution in [1.29, 1.82) is 0 Å². The second kappa shape index (κ2) is 6.16. The van der Waals surface area contributed by atoms with Crippen LogP contribution in [0.1, 0.15) is 23.7 Å². The minimum absolute atomic E-state index is 0.818. The van der Waals surface area contributed by atoms with Gasteiger partial charge in [-0.25, -0.2) is 0 Å². The zero-order valence-corrected chi connectivity index (χ0v) is 10.2. The predicted molar refractivity (Wildman–Crippen MR) is 70.6 cm³/mol. The van der Waals surface area contributed by atoms with Crippen molar-refractivity contribution in [2.24, 2.45) is 0 Å². The molecular weight excluding hydrogens is 208 g/mol. The van der Waals surface area contributed by atoms with Crippen LogP contribution in [0.4, 0.5) is 0 Å². The molecule has 1 aromatic heterocycles. The van der Waals surface area contributed by atoms with E-state index in [1.165, 1.54) is 11.1 Å². The molecule has 0 aliphatic carbocycles. The first kappa shape index (κ1) is 11.8. The van der Waals surface area contributed by atoms with E-state index >= 15 is 0 Å². The maximum absolute atomic E-state index is 4.29. The van der Waals surface area contributed by atoms with Crippen molar-refractivity contribution >= 4 is 0 Å². The number of benzene rings is 1. The molecule has 1 N–H and O–H groups in total. The minimum Gasteiger partial charge on any atom is -0.307 e. The van der Waals surface area contributed by atoms with Crippen molar-refractivity contribution in [3.63, 3.8) is 0 Å². The number of hydrogen-bond acceptors (Lipinski definition) is 2. The molecule has 1 heterocycles. The molecule has 17 heavy (non-hydrogen) atoms. The van der Waals surface area contributed by atoms with E-state index in [1.807, 2.05) is 24.4 Å². The van der Waals surface area contributed by atoms with Gasteiger partial charge in [0.05, 0.1) is 5.69 Å². The number of aryl methyl sites for hydroxylation is 1.